The number of halogens is 2. The Morgan fingerprint density at radius 3 is 2.57 bits per heavy atom. The van der Waals surface area contributed by atoms with E-state index in [1.54, 1.807) is 54.6 Å². The van der Waals surface area contributed by atoms with Crippen LogP contribution in [0.2, 0.25) is 10.0 Å². The molecule has 6 rings (SSSR count). The normalized spacial score (nSPS) is 11.5. The molecule has 0 fully saturated rings. The van der Waals surface area contributed by atoms with Crippen LogP contribution in [0, 0.1) is 0 Å². The fourth-order valence-electron chi connectivity index (χ4n) is 4.07. The summed E-state index contributed by atoms with van der Waals surface area (Å²) in [6.07, 6.45) is 2.99. The molecule has 4 aromatic carbocycles. The number of oxazole rings is 1. The first kappa shape index (κ1) is 23.1. The van der Waals surface area contributed by atoms with E-state index in [-0.39, 0.29) is 5.91 Å². The van der Waals surface area contributed by atoms with Gasteiger partial charge >= 0.3 is 0 Å². The second-order valence-electron chi connectivity index (χ2n) is 8.41. The summed E-state index contributed by atoms with van der Waals surface area (Å²) in [5, 5.41) is 6.15. The summed E-state index contributed by atoms with van der Waals surface area (Å²) < 4.78 is 11.8. The van der Waals surface area contributed by atoms with Gasteiger partial charge < -0.3 is 14.2 Å². The lowest BCUT2D eigenvalue weighted by Gasteiger charge is -2.01. The molecule has 6 aromatic rings. The molecule has 180 valence electrons. The SMILES string of the molecule is O=C(/C=C/c1ccc(-c2ccc(Cl)cc2Cl)o1)Nc1ccc2oc(-c3ccc4ccccc4c3)nc2c1. The number of amides is 1. The van der Waals surface area contributed by atoms with E-state index in [1.165, 1.54) is 6.08 Å². The van der Waals surface area contributed by atoms with Crippen LogP contribution in [-0.4, -0.2) is 10.9 Å². The van der Waals surface area contributed by atoms with E-state index < -0.39 is 0 Å². The highest BCUT2D eigenvalue weighted by atomic mass is 35.5. The Balaban J connectivity index is 1.17. The van der Waals surface area contributed by atoms with Crippen molar-refractivity contribution in [1.82, 2.24) is 4.98 Å². The van der Waals surface area contributed by atoms with E-state index in [2.05, 4.69) is 28.5 Å². The van der Waals surface area contributed by atoms with Crippen LogP contribution < -0.4 is 5.32 Å². The minimum atomic E-state index is -0.305. The van der Waals surface area contributed by atoms with E-state index in [0.29, 0.717) is 44.2 Å². The fraction of sp³-hybridized carbons (Fsp3) is 0. The van der Waals surface area contributed by atoms with Crippen molar-refractivity contribution in [2.45, 2.75) is 0 Å². The predicted octanol–water partition coefficient (Wildman–Crippen LogP) is 8.87. The van der Waals surface area contributed by atoms with Crippen LogP contribution in [0.4, 0.5) is 5.69 Å². The highest BCUT2D eigenvalue weighted by Gasteiger charge is 2.11. The molecular formula is C30H18Cl2N2O3. The van der Waals surface area contributed by atoms with Gasteiger partial charge in [-0.3, -0.25) is 4.79 Å². The average Bonchev–Trinajstić information content (AvgIpc) is 3.54. The number of nitrogens with one attached hydrogen (secondary N) is 1. The molecule has 0 radical (unpaired) electrons. The number of rotatable bonds is 5. The maximum atomic E-state index is 12.5. The third-order valence-electron chi connectivity index (χ3n) is 5.87. The van der Waals surface area contributed by atoms with Gasteiger partial charge in [0.05, 0.1) is 5.02 Å². The van der Waals surface area contributed by atoms with Crippen LogP contribution in [0.1, 0.15) is 5.76 Å². The largest absolute Gasteiger partial charge is 0.457 e. The van der Waals surface area contributed by atoms with Crippen LogP contribution in [-0.2, 0) is 4.79 Å². The maximum absolute atomic E-state index is 12.5. The number of fused-ring (bicyclic) bond motifs is 2. The smallest absolute Gasteiger partial charge is 0.248 e. The van der Waals surface area contributed by atoms with Gasteiger partial charge in [-0.1, -0.05) is 53.5 Å². The van der Waals surface area contributed by atoms with Gasteiger partial charge in [0.1, 0.15) is 17.0 Å². The van der Waals surface area contributed by atoms with Gasteiger partial charge in [-0.2, -0.15) is 0 Å². The number of hydrogen-bond acceptors (Lipinski definition) is 4. The van der Waals surface area contributed by atoms with Crippen molar-refractivity contribution >= 4 is 62.7 Å². The molecule has 2 aromatic heterocycles. The lowest BCUT2D eigenvalue weighted by atomic mass is 10.1. The number of benzene rings is 4. The lowest BCUT2D eigenvalue weighted by Crippen LogP contribution is -2.07. The Hall–Kier alpha value is -4.32. The summed E-state index contributed by atoms with van der Waals surface area (Å²) in [5.74, 6) is 1.32. The Bertz CT molecular complexity index is 1820. The molecule has 37 heavy (non-hydrogen) atoms. The summed E-state index contributed by atoms with van der Waals surface area (Å²) in [6, 6.07) is 28.3. The van der Waals surface area contributed by atoms with E-state index in [0.717, 1.165) is 21.9 Å². The molecule has 7 heteroatoms. The van der Waals surface area contributed by atoms with Crippen molar-refractivity contribution in [2.24, 2.45) is 0 Å². The Morgan fingerprint density at radius 2 is 1.70 bits per heavy atom. The first-order valence-corrected chi connectivity index (χ1v) is 12.2. The molecule has 0 saturated carbocycles. The molecular weight excluding hydrogens is 507 g/mol. The quantitative estimate of drug-likeness (QED) is 0.228. The van der Waals surface area contributed by atoms with Crippen molar-refractivity contribution in [2.75, 3.05) is 5.32 Å². The third-order valence-corrected chi connectivity index (χ3v) is 6.42. The molecule has 2 heterocycles. The summed E-state index contributed by atoms with van der Waals surface area (Å²) in [5.41, 5.74) is 3.51. The number of aromatic nitrogens is 1. The molecule has 0 bridgehead atoms. The van der Waals surface area contributed by atoms with E-state index in [1.807, 2.05) is 24.3 Å². The van der Waals surface area contributed by atoms with Crippen LogP contribution in [0.3, 0.4) is 0 Å². The van der Waals surface area contributed by atoms with E-state index >= 15 is 0 Å². The molecule has 0 unspecified atom stereocenters. The number of anilines is 1. The Morgan fingerprint density at radius 1 is 0.838 bits per heavy atom. The number of carbonyl (C=O) groups is 1. The van der Waals surface area contributed by atoms with Gasteiger partial charge in [0, 0.05) is 27.9 Å². The Labute approximate surface area is 221 Å². The zero-order chi connectivity index (χ0) is 25.4. The standard InChI is InChI=1S/C30H18Cl2N2O3/c31-21-7-11-24(25(32)16-21)27-13-9-23(36-27)10-14-29(35)33-22-8-12-28-26(17-22)34-30(37-28)20-6-5-18-3-1-2-4-19(18)15-20/h1-17H,(H,33,35)/b14-10+. The van der Waals surface area contributed by atoms with E-state index in [4.69, 9.17) is 32.0 Å². The topological polar surface area (TPSA) is 68.3 Å². The van der Waals surface area contributed by atoms with Crippen molar-refractivity contribution in [3.63, 3.8) is 0 Å². The first-order chi connectivity index (χ1) is 18.0. The molecule has 5 nitrogen and oxygen atoms in total. The highest BCUT2D eigenvalue weighted by Crippen LogP contribution is 2.32. The van der Waals surface area contributed by atoms with Crippen molar-refractivity contribution in [3.05, 3.63) is 113 Å². The molecule has 1 amide bonds. The third kappa shape index (κ3) is 4.87. The lowest BCUT2D eigenvalue weighted by molar-refractivity contribution is -0.111. The number of carbonyl (C=O) groups excluding carboxylic acids is 1. The van der Waals surface area contributed by atoms with Gasteiger partial charge in [0.25, 0.3) is 0 Å². The summed E-state index contributed by atoms with van der Waals surface area (Å²) in [7, 11) is 0. The molecule has 1 N–H and O–H groups in total. The first-order valence-electron chi connectivity index (χ1n) is 11.5. The van der Waals surface area contributed by atoms with Crippen molar-refractivity contribution in [1.29, 1.82) is 0 Å². The van der Waals surface area contributed by atoms with Gasteiger partial charge in [-0.05, 0) is 77.5 Å². The minimum Gasteiger partial charge on any atom is -0.457 e. The summed E-state index contributed by atoms with van der Waals surface area (Å²) in [6.45, 7) is 0. The number of hydrogen-bond donors (Lipinski definition) is 1. The van der Waals surface area contributed by atoms with E-state index in [9.17, 15) is 4.79 Å². The monoisotopic (exact) mass is 524 g/mol. The van der Waals surface area contributed by atoms with Crippen LogP contribution in [0.5, 0.6) is 0 Å². The number of nitrogens with zero attached hydrogens (tertiary/aromatic N) is 1. The minimum absolute atomic E-state index is 0.305. The maximum Gasteiger partial charge on any atom is 0.248 e. The second kappa shape index (κ2) is 9.62. The second-order valence-corrected chi connectivity index (χ2v) is 9.26. The molecule has 0 aliphatic rings. The summed E-state index contributed by atoms with van der Waals surface area (Å²) in [4.78, 5) is 17.1. The van der Waals surface area contributed by atoms with Gasteiger partial charge in [0.15, 0.2) is 5.58 Å². The average molecular weight is 525 g/mol. The molecule has 0 aliphatic heterocycles. The van der Waals surface area contributed by atoms with Gasteiger partial charge in [-0.15, -0.1) is 0 Å². The molecule has 0 atom stereocenters. The van der Waals surface area contributed by atoms with Gasteiger partial charge in [0.2, 0.25) is 11.8 Å². The molecule has 0 spiro atoms. The zero-order valence-corrected chi connectivity index (χ0v) is 20.8. The fourth-order valence-corrected chi connectivity index (χ4v) is 4.57. The van der Waals surface area contributed by atoms with Crippen LogP contribution >= 0.6 is 23.2 Å². The predicted molar refractivity (Wildman–Crippen MR) is 149 cm³/mol. The van der Waals surface area contributed by atoms with Crippen molar-refractivity contribution in [3.8, 4) is 22.8 Å². The van der Waals surface area contributed by atoms with Crippen molar-refractivity contribution < 1.29 is 13.6 Å². The van der Waals surface area contributed by atoms with Gasteiger partial charge in [-0.25, -0.2) is 4.98 Å². The summed E-state index contributed by atoms with van der Waals surface area (Å²) >= 11 is 12.2. The number of furan rings is 1. The Kier molecular flexibility index (Phi) is 6.01. The zero-order valence-electron chi connectivity index (χ0n) is 19.2. The molecule has 0 saturated heterocycles. The highest BCUT2D eigenvalue weighted by molar-refractivity contribution is 6.36. The molecule has 0 aliphatic carbocycles. The van der Waals surface area contributed by atoms with Crippen LogP contribution in [0.25, 0.3) is 50.7 Å². The van der Waals surface area contributed by atoms with Crippen LogP contribution in [0.15, 0.2) is 106 Å².